The fourth-order valence-corrected chi connectivity index (χ4v) is 3.79. The highest BCUT2D eigenvalue weighted by molar-refractivity contribution is 9.10. The topological polar surface area (TPSA) is 36.9 Å². The molecule has 0 amide bonds. The van der Waals surface area contributed by atoms with Crippen LogP contribution in [0, 0.1) is 0 Å². The molecule has 0 saturated carbocycles. The predicted molar refractivity (Wildman–Crippen MR) is 112 cm³/mol. The van der Waals surface area contributed by atoms with Gasteiger partial charge in [0.1, 0.15) is 23.0 Å². The van der Waals surface area contributed by atoms with Crippen LogP contribution in [-0.4, -0.2) is 34.2 Å². The third kappa shape index (κ3) is 4.48. The zero-order valence-corrected chi connectivity index (χ0v) is 18.0. The van der Waals surface area contributed by atoms with Crippen molar-refractivity contribution in [3.63, 3.8) is 0 Å². The monoisotopic (exact) mass is 438 g/mol. The van der Waals surface area contributed by atoms with Crippen LogP contribution in [0.3, 0.4) is 0 Å². The predicted octanol–water partition coefficient (Wildman–Crippen LogP) is 5.77. The van der Waals surface area contributed by atoms with Crippen molar-refractivity contribution < 1.29 is 18.9 Å². The van der Waals surface area contributed by atoms with E-state index in [2.05, 4.69) is 15.9 Å². The minimum absolute atomic E-state index is 0.611. The smallest absolute Gasteiger partial charge is 0.133 e. The molecule has 0 atom stereocenters. The summed E-state index contributed by atoms with van der Waals surface area (Å²) in [5.74, 6) is 3.05. The summed E-state index contributed by atoms with van der Waals surface area (Å²) in [7, 11) is 4.95. The molecule has 26 heavy (non-hydrogen) atoms. The second kappa shape index (κ2) is 9.78. The van der Waals surface area contributed by atoms with E-state index < -0.39 is 0 Å². The first kappa shape index (κ1) is 20.5. The molecule has 4 nitrogen and oxygen atoms in total. The minimum atomic E-state index is 0.611. The molecule has 0 bridgehead atoms. The summed E-state index contributed by atoms with van der Waals surface area (Å²) in [6, 6.07) is 7.67. The van der Waals surface area contributed by atoms with Gasteiger partial charge >= 0.3 is 0 Å². The van der Waals surface area contributed by atoms with Gasteiger partial charge in [0, 0.05) is 22.1 Å². The van der Waals surface area contributed by atoms with Gasteiger partial charge in [-0.1, -0.05) is 0 Å². The van der Waals surface area contributed by atoms with Crippen LogP contribution in [0.25, 0.3) is 12.2 Å². The second-order valence-electron chi connectivity index (χ2n) is 5.21. The van der Waals surface area contributed by atoms with Crippen molar-refractivity contribution in [2.24, 2.45) is 0 Å². The Morgan fingerprint density at radius 1 is 0.923 bits per heavy atom. The average molecular weight is 439 g/mol. The van der Waals surface area contributed by atoms with Gasteiger partial charge in [0.25, 0.3) is 0 Å². The Kier molecular flexibility index (Phi) is 7.72. The SMILES string of the molecule is CCOc1cc(OC)c(/C=C/c2c(OC)ccc(OC)c2Br)c(SC)c1. The number of rotatable bonds is 8. The molecule has 0 radical (unpaired) electrons. The second-order valence-corrected chi connectivity index (χ2v) is 6.85. The summed E-state index contributed by atoms with van der Waals surface area (Å²) in [5, 5.41) is 0. The van der Waals surface area contributed by atoms with Gasteiger partial charge in [-0.05, 0) is 59.5 Å². The highest BCUT2D eigenvalue weighted by Crippen LogP contribution is 2.39. The Morgan fingerprint density at radius 3 is 2.12 bits per heavy atom. The zero-order valence-electron chi connectivity index (χ0n) is 15.6. The number of thioether (sulfide) groups is 1. The maximum absolute atomic E-state index is 5.63. The number of halogens is 1. The molecule has 0 N–H and O–H groups in total. The van der Waals surface area contributed by atoms with E-state index in [0.717, 1.165) is 43.5 Å². The lowest BCUT2D eigenvalue weighted by Gasteiger charge is -2.14. The molecule has 0 aliphatic rings. The van der Waals surface area contributed by atoms with Crippen LogP contribution in [0.2, 0.25) is 0 Å². The van der Waals surface area contributed by atoms with Crippen LogP contribution < -0.4 is 18.9 Å². The van der Waals surface area contributed by atoms with E-state index in [0.29, 0.717) is 6.61 Å². The van der Waals surface area contributed by atoms with Crippen LogP contribution in [0.15, 0.2) is 33.6 Å². The third-order valence-corrected chi connectivity index (χ3v) is 5.38. The molecule has 0 heterocycles. The van der Waals surface area contributed by atoms with Crippen LogP contribution in [0.5, 0.6) is 23.0 Å². The first-order valence-electron chi connectivity index (χ1n) is 8.06. The number of benzene rings is 2. The molecule has 0 aliphatic heterocycles. The minimum Gasteiger partial charge on any atom is -0.496 e. The fraction of sp³-hybridized carbons (Fsp3) is 0.300. The Morgan fingerprint density at radius 2 is 1.54 bits per heavy atom. The largest absolute Gasteiger partial charge is 0.496 e. The maximum atomic E-state index is 5.63. The average Bonchev–Trinajstić information content (AvgIpc) is 2.66. The summed E-state index contributed by atoms with van der Waals surface area (Å²) in [6.07, 6.45) is 6.04. The van der Waals surface area contributed by atoms with Gasteiger partial charge in [-0.25, -0.2) is 0 Å². The van der Waals surface area contributed by atoms with Crippen molar-refractivity contribution in [2.45, 2.75) is 11.8 Å². The molecule has 6 heteroatoms. The van der Waals surface area contributed by atoms with Crippen molar-refractivity contribution >= 4 is 39.8 Å². The highest BCUT2D eigenvalue weighted by Gasteiger charge is 2.13. The lowest BCUT2D eigenvalue weighted by molar-refractivity contribution is 0.335. The summed E-state index contributed by atoms with van der Waals surface area (Å²) in [4.78, 5) is 1.07. The van der Waals surface area contributed by atoms with Gasteiger partial charge < -0.3 is 18.9 Å². The Hall–Kier alpha value is -1.79. The number of hydrogen-bond acceptors (Lipinski definition) is 5. The Bertz CT molecular complexity index is 765. The zero-order chi connectivity index (χ0) is 19.1. The normalized spacial score (nSPS) is 10.8. The van der Waals surface area contributed by atoms with Gasteiger partial charge in [-0.15, -0.1) is 11.8 Å². The molecule has 2 rings (SSSR count). The van der Waals surface area contributed by atoms with E-state index in [4.69, 9.17) is 18.9 Å². The van der Waals surface area contributed by atoms with E-state index in [1.54, 1.807) is 33.1 Å². The molecule has 2 aromatic carbocycles. The van der Waals surface area contributed by atoms with E-state index >= 15 is 0 Å². The highest BCUT2D eigenvalue weighted by atomic mass is 79.9. The molecule has 2 aromatic rings. The van der Waals surface area contributed by atoms with Crippen molar-refractivity contribution in [3.8, 4) is 23.0 Å². The standard InChI is InChI=1S/C20H23BrO4S/c1-6-25-13-11-18(24-4)14(19(12-13)26-5)7-8-15-16(22-2)9-10-17(23-3)20(15)21/h7-12H,6H2,1-5H3/b8-7+. The summed E-state index contributed by atoms with van der Waals surface area (Å²) < 4.78 is 22.9. The number of ether oxygens (including phenoxy) is 4. The summed E-state index contributed by atoms with van der Waals surface area (Å²) in [6.45, 7) is 2.58. The van der Waals surface area contributed by atoms with Crippen molar-refractivity contribution in [3.05, 3.63) is 39.9 Å². The first-order chi connectivity index (χ1) is 12.6. The first-order valence-corrected chi connectivity index (χ1v) is 10.1. The van der Waals surface area contributed by atoms with E-state index in [-0.39, 0.29) is 0 Å². The molecular formula is C20H23BrO4S. The number of hydrogen-bond donors (Lipinski definition) is 0. The molecule has 0 aliphatic carbocycles. The van der Waals surface area contributed by atoms with Gasteiger partial charge in [0.15, 0.2) is 0 Å². The molecule has 0 unspecified atom stereocenters. The summed E-state index contributed by atoms with van der Waals surface area (Å²) in [5.41, 5.74) is 1.88. The lowest BCUT2D eigenvalue weighted by atomic mass is 10.1. The number of methoxy groups -OCH3 is 3. The quantitative estimate of drug-likeness (QED) is 0.386. The lowest BCUT2D eigenvalue weighted by Crippen LogP contribution is -1.96. The van der Waals surface area contributed by atoms with Crippen LogP contribution >= 0.6 is 27.7 Å². The van der Waals surface area contributed by atoms with Gasteiger partial charge in [0.05, 0.1) is 32.4 Å². The van der Waals surface area contributed by atoms with Crippen molar-refractivity contribution in [1.29, 1.82) is 0 Å². The Balaban J connectivity index is 2.54. The molecule has 0 fully saturated rings. The molecule has 0 spiro atoms. The van der Waals surface area contributed by atoms with Crippen LogP contribution in [0.4, 0.5) is 0 Å². The fourth-order valence-electron chi connectivity index (χ4n) is 2.54. The third-order valence-electron chi connectivity index (χ3n) is 3.79. The molecule has 140 valence electrons. The molecular weight excluding hydrogens is 416 g/mol. The van der Waals surface area contributed by atoms with E-state index in [9.17, 15) is 0 Å². The molecule has 0 saturated heterocycles. The van der Waals surface area contributed by atoms with E-state index in [1.165, 1.54) is 0 Å². The summed E-state index contributed by atoms with van der Waals surface area (Å²) >= 11 is 5.24. The van der Waals surface area contributed by atoms with Crippen LogP contribution in [0.1, 0.15) is 18.1 Å². The van der Waals surface area contributed by atoms with Crippen molar-refractivity contribution in [1.82, 2.24) is 0 Å². The van der Waals surface area contributed by atoms with Gasteiger partial charge in [-0.2, -0.15) is 0 Å². The van der Waals surface area contributed by atoms with Crippen molar-refractivity contribution in [2.75, 3.05) is 34.2 Å². The molecule has 0 aromatic heterocycles. The Labute approximate surface area is 167 Å². The van der Waals surface area contributed by atoms with Gasteiger partial charge in [-0.3, -0.25) is 0 Å². The van der Waals surface area contributed by atoms with Gasteiger partial charge in [0.2, 0.25) is 0 Å². The van der Waals surface area contributed by atoms with E-state index in [1.807, 2.05) is 49.6 Å². The van der Waals surface area contributed by atoms with Crippen LogP contribution in [-0.2, 0) is 0 Å². The maximum Gasteiger partial charge on any atom is 0.133 e.